The molecule has 1 aliphatic heterocycles. The first-order chi connectivity index (χ1) is 16.0. The zero-order valence-electron chi connectivity index (χ0n) is 19.9. The van der Waals surface area contributed by atoms with Crippen LogP contribution in [0.4, 0.5) is 0 Å². The number of aryl methyl sites for hydroxylation is 1. The summed E-state index contributed by atoms with van der Waals surface area (Å²) in [4.78, 5) is 25.7. The monoisotopic (exact) mass is 444 g/mol. The lowest BCUT2D eigenvalue weighted by Crippen LogP contribution is -2.34. The minimum atomic E-state index is -0.0605. The van der Waals surface area contributed by atoms with Gasteiger partial charge in [-0.2, -0.15) is 0 Å². The number of carbonyl (C=O) groups excluding carboxylic acids is 1. The fraction of sp³-hybridized carbons (Fsp3) is 0.370. The standard InChI is InChI=1S/C27H32N4O2/c1-19-23(27(32)30(2)3)17-28-26(29-19)24-10-7-8-16-31(24)18-20-12-14-21(15-13-20)22-9-5-6-11-25(22)33-4/h5-6,9,11-15,17,24H,7-8,10,16,18H2,1-4H3. The van der Waals surface area contributed by atoms with Crippen LogP contribution in [0, 0.1) is 6.92 Å². The van der Waals surface area contributed by atoms with Crippen molar-refractivity contribution < 1.29 is 9.53 Å². The van der Waals surface area contributed by atoms with E-state index in [-0.39, 0.29) is 11.9 Å². The zero-order chi connectivity index (χ0) is 23.4. The predicted octanol–water partition coefficient (Wildman–Crippen LogP) is 4.89. The van der Waals surface area contributed by atoms with Crippen molar-refractivity contribution in [1.29, 1.82) is 0 Å². The molecule has 1 atom stereocenters. The molecule has 1 aromatic heterocycles. The van der Waals surface area contributed by atoms with E-state index in [1.165, 1.54) is 12.0 Å². The van der Waals surface area contributed by atoms with Crippen molar-refractivity contribution in [3.05, 3.63) is 77.4 Å². The highest BCUT2D eigenvalue weighted by molar-refractivity contribution is 5.94. The highest BCUT2D eigenvalue weighted by Gasteiger charge is 2.27. The molecular weight excluding hydrogens is 412 g/mol. The molecule has 3 aromatic rings. The molecule has 6 heteroatoms. The molecule has 1 unspecified atom stereocenters. The molecular formula is C27H32N4O2. The molecule has 0 aliphatic carbocycles. The summed E-state index contributed by atoms with van der Waals surface area (Å²) in [6.07, 6.45) is 5.05. The molecule has 172 valence electrons. The van der Waals surface area contributed by atoms with Gasteiger partial charge in [-0.1, -0.05) is 48.9 Å². The van der Waals surface area contributed by atoms with Crippen molar-refractivity contribution in [1.82, 2.24) is 19.8 Å². The number of hydrogen-bond donors (Lipinski definition) is 0. The van der Waals surface area contributed by atoms with Gasteiger partial charge in [0, 0.05) is 32.4 Å². The summed E-state index contributed by atoms with van der Waals surface area (Å²) in [5.41, 5.74) is 4.81. The van der Waals surface area contributed by atoms with Crippen LogP contribution in [-0.2, 0) is 6.54 Å². The highest BCUT2D eigenvalue weighted by atomic mass is 16.5. The number of methoxy groups -OCH3 is 1. The number of ether oxygens (including phenoxy) is 1. The highest BCUT2D eigenvalue weighted by Crippen LogP contribution is 2.32. The van der Waals surface area contributed by atoms with Crippen molar-refractivity contribution in [2.45, 2.75) is 38.8 Å². The van der Waals surface area contributed by atoms with Gasteiger partial charge in [0.05, 0.1) is 24.4 Å². The molecule has 1 saturated heterocycles. The fourth-order valence-corrected chi connectivity index (χ4v) is 4.48. The van der Waals surface area contributed by atoms with E-state index < -0.39 is 0 Å². The van der Waals surface area contributed by atoms with Crippen LogP contribution < -0.4 is 4.74 Å². The lowest BCUT2D eigenvalue weighted by molar-refractivity contribution is 0.0825. The Bertz CT molecular complexity index is 1110. The van der Waals surface area contributed by atoms with Crippen molar-refractivity contribution in [2.75, 3.05) is 27.7 Å². The second-order valence-corrected chi connectivity index (χ2v) is 8.81. The van der Waals surface area contributed by atoms with Crippen LogP contribution >= 0.6 is 0 Å². The number of para-hydroxylation sites is 1. The van der Waals surface area contributed by atoms with Crippen molar-refractivity contribution in [3.63, 3.8) is 0 Å². The third kappa shape index (κ3) is 5.06. The lowest BCUT2D eigenvalue weighted by atomic mass is 9.99. The second-order valence-electron chi connectivity index (χ2n) is 8.81. The molecule has 2 aromatic carbocycles. The first-order valence-corrected chi connectivity index (χ1v) is 11.5. The topological polar surface area (TPSA) is 58.6 Å². The predicted molar refractivity (Wildman–Crippen MR) is 130 cm³/mol. The van der Waals surface area contributed by atoms with Crippen LogP contribution in [-0.4, -0.2) is 53.4 Å². The van der Waals surface area contributed by atoms with E-state index in [4.69, 9.17) is 9.72 Å². The third-order valence-corrected chi connectivity index (χ3v) is 6.30. The number of nitrogens with zero attached hydrogens (tertiary/aromatic N) is 4. The van der Waals surface area contributed by atoms with Crippen LogP contribution in [0.15, 0.2) is 54.7 Å². The van der Waals surface area contributed by atoms with Crippen LogP contribution in [0.25, 0.3) is 11.1 Å². The van der Waals surface area contributed by atoms with E-state index in [9.17, 15) is 4.79 Å². The quantitative estimate of drug-likeness (QED) is 0.542. The number of amides is 1. The number of likely N-dealkylation sites (tertiary alicyclic amines) is 1. The van der Waals surface area contributed by atoms with Gasteiger partial charge in [-0.15, -0.1) is 0 Å². The molecule has 1 aliphatic rings. The minimum Gasteiger partial charge on any atom is -0.496 e. The number of benzene rings is 2. The van der Waals surface area contributed by atoms with Gasteiger partial charge in [0.1, 0.15) is 11.6 Å². The van der Waals surface area contributed by atoms with Gasteiger partial charge < -0.3 is 9.64 Å². The molecule has 0 bridgehead atoms. The fourth-order valence-electron chi connectivity index (χ4n) is 4.48. The Kier molecular flexibility index (Phi) is 7.04. The summed E-state index contributed by atoms with van der Waals surface area (Å²) in [6, 6.07) is 17.0. The lowest BCUT2D eigenvalue weighted by Gasteiger charge is -2.35. The Morgan fingerprint density at radius 1 is 1.12 bits per heavy atom. The third-order valence-electron chi connectivity index (χ3n) is 6.30. The number of hydrogen-bond acceptors (Lipinski definition) is 5. The maximum absolute atomic E-state index is 12.4. The first kappa shape index (κ1) is 22.9. The van der Waals surface area contributed by atoms with E-state index in [1.54, 1.807) is 32.3 Å². The van der Waals surface area contributed by atoms with Gasteiger partial charge in [0.15, 0.2) is 0 Å². The summed E-state index contributed by atoms with van der Waals surface area (Å²) in [5.74, 6) is 1.63. The van der Waals surface area contributed by atoms with Gasteiger partial charge in [-0.3, -0.25) is 9.69 Å². The smallest absolute Gasteiger partial charge is 0.256 e. The minimum absolute atomic E-state index is 0.0605. The Balaban J connectivity index is 1.52. The summed E-state index contributed by atoms with van der Waals surface area (Å²) in [5, 5.41) is 0. The van der Waals surface area contributed by atoms with Crippen LogP contribution in [0.5, 0.6) is 5.75 Å². The maximum Gasteiger partial charge on any atom is 0.256 e. The molecule has 4 rings (SSSR count). The SMILES string of the molecule is COc1ccccc1-c1ccc(CN2CCCCC2c2ncc(C(=O)N(C)C)c(C)n2)cc1. The number of carbonyl (C=O) groups is 1. The number of piperidine rings is 1. The average molecular weight is 445 g/mol. The molecule has 33 heavy (non-hydrogen) atoms. The average Bonchev–Trinajstić information content (AvgIpc) is 2.84. The number of rotatable bonds is 6. The molecule has 0 spiro atoms. The Morgan fingerprint density at radius 3 is 2.58 bits per heavy atom. The van der Waals surface area contributed by atoms with Gasteiger partial charge in [-0.05, 0) is 43.5 Å². The van der Waals surface area contributed by atoms with E-state index in [1.807, 2.05) is 25.1 Å². The second kappa shape index (κ2) is 10.1. The zero-order valence-corrected chi connectivity index (χ0v) is 19.9. The maximum atomic E-state index is 12.4. The Labute approximate surface area is 196 Å². The largest absolute Gasteiger partial charge is 0.496 e. The first-order valence-electron chi connectivity index (χ1n) is 11.5. The Hall–Kier alpha value is -3.25. The normalized spacial score (nSPS) is 16.4. The molecule has 1 fully saturated rings. The summed E-state index contributed by atoms with van der Waals surface area (Å²) in [7, 11) is 5.20. The summed E-state index contributed by atoms with van der Waals surface area (Å²) >= 11 is 0. The molecule has 1 amide bonds. The number of aromatic nitrogens is 2. The van der Waals surface area contributed by atoms with Crippen molar-refractivity contribution in [2.24, 2.45) is 0 Å². The van der Waals surface area contributed by atoms with Gasteiger partial charge in [0.25, 0.3) is 5.91 Å². The van der Waals surface area contributed by atoms with Crippen molar-refractivity contribution in [3.8, 4) is 16.9 Å². The summed E-state index contributed by atoms with van der Waals surface area (Å²) in [6.45, 7) is 3.75. The van der Waals surface area contributed by atoms with Crippen LogP contribution in [0.3, 0.4) is 0 Å². The van der Waals surface area contributed by atoms with Crippen LogP contribution in [0.1, 0.15) is 52.7 Å². The van der Waals surface area contributed by atoms with E-state index in [0.717, 1.165) is 54.3 Å². The van der Waals surface area contributed by atoms with E-state index in [2.05, 4.69) is 40.2 Å². The van der Waals surface area contributed by atoms with Gasteiger partial charge in [-0.25, -0.2) is 9.97 Å². The Morgan fingerprint density at radius 2 is 1.88 bits per heavy atom. The van der Waals surface area contributed by atoms with Gasteiger partial charge >= 0.3 is 0 Å². The van der Waals surface area contributed by atoms with Crippen molar-refractivity contribution >= 4 is 5.91 Å². The summed E-state index contributed by atoms with van der Waals surface area (Å²) < 4.78 is 5.51. The van der Waals surface area contributed by atoms with E-state index in [0.29, 0.717) is 5.56 Å². The molecule has 0 saturated carbocycles. The molecule has 2 heterocycles. The van der Waals surface area contributed by atoms with Crippen LogP contribution in [0.2, 0.25) is 0 Å². The molecule has 0 N–H and O–H groups in total. The van der Waals surface area contributed by atoms with Gasteiger partial charge in [0.2, 0.25) is 0 Å². The van der Waals surface area contributed by atoms with E-state index >= 15 is 0 Å². The molecule has 6 nitrogen and oxygen atoms in total. The molecule has 0 radical (unpaired) electrons.